The summed E-state index contributed by atoms with van der Waals surface area (Å²) in [5.41, 5.74) is 1.79. The zero-order chi connectivity index (χ0) is 24.1. The molecule has 34 heavy (non-hydrogen) atoms. The summed E-state index contributed by atoms with van der Waals surface area (Å²) in [4.78, 5) is 41.1. The first-order valence-corrected chi connectivity index (χ1v) is 10.9. The summed E-state index contributed by atoms with van der Waals surface area (Å²) in [7, 11) is 1.48. The van der Waals surface area contributed by atoms with Crippen LogP contribution in [-0.2, 0) is 9.59 Å². The molecule has 3 aromatic rings. The number of amides is 3. The lowest BCUT2D eigenvalue weighted by Gasteiger charge is -2.36. The van der Waals surface area contributed by atoms with E-state index in [-0.39, 0.29) is 6.42 Å². The highest BCUT2D eigenvalue weighted by atomic mass is 16.5. The Morgan fingerprint density at radius 1 is 0.971 bits per heavy atom. The summed E-state index contributed by atoms with van der Waals surface area (Å²) in [6, 6.07) is 19.8. The molecule has 174 valence electrons. The molecule has 4 rings (SSSR count). The number of ether oxygens (including phenoxy) is 2. The zero-order valence-electron chi connectivity index (χ0n) is 18.9. The van der Waals surface area contributed by atoms with Crippen LogP contribution in [0.15, 0.2) is 72.8 Å². The first-order chi connectivity index (χ1) is 16.5. The van der Waals surface area contributed by atoms with E-state index >= 15 is 0 Å². The third-order valence-corrected chi connectivity index (χ3v) is 5.43. The van der Waals surface area contributed by atoms with E-state index in [2.05, 4.69) is 10.6 Å². The standard InChI is InChI=1S/C26H25N3O5/c1-3-34-23-15-9-6-12-19(23)27-24(30)16-21-25(31)28-18-11-5-7-13-20(18)29(21)26(32)17-10-4-8-14-22(17)33-2/h4-15,21H,3,16H2,1-2H3,(H,27,30)(H,28,31)/t21-/m1/s1. The molecular formula is C26H25N3O5. The van der Waals surface area contributed by atoms with Gasteiger partial charge in [-0.25, -0.2) is 0 Å². The van der Waals surface area contributed by atoms with Gasteiger partial charge in [0.05, 0.1) is 42.8 Å². The average Bonchev–Trinajstić information content (AvgIpc) is 2.85. The Bertz CT molecular complexity index is 1230. The first-order valence-electron chi connectivity index (χ1n) is 10.9. The van der Waals surface area contributed by atoms with Crippen LogP contribution in [0.3, 0.4) is 0 Å². The third kappa shape index (κ3) is 4.56. The Labute approximate surface area is 197 Å². The van der Waals surface area contributed by atoms with Gasteiger partial charge in [-0.2, -0.15) is 0 Å². The van der Waals surface area contributed by atoms with E-state index in [4.69, 9.17) is 9.47 Å². The van der Waals surface area contributed by atoms with E-state index in [9.17, 15) is 14.4 Å². The van der Waals surface area contributed by atoms with Crippen molar-refractivity contribution in [2.45, 2.75) is 19.4 Å². The maximum absolute atomic E-state index is 13.7. The minimum Gasteiger partial charge on any atom is -0.496 e. The van der Waals surface area contributed by atoms with Gasteiger partial charge in [0.2, 0.25) is 11.8 Å². The summed E-state index contributed by atoms with van der Waals surface area (Å²) < 4.78 is 10.9. The van der Waals surface area contributed by atoms with Crippen molar-refractivity contribution in [1.82, 2.24) is 0 Å². The van der Waals surface area contributed by atoms with Crippen molar-refractivity contribution in [2.24, 2.45) is 0 Å². The van der Waals surface area contributed by atoms with Crippen molar-refractivity contribution in [2.75, 3.05) is 29.3 Å². The maximum Gasteiger partial charge on any atom is 0.262 e. The number of carbonyl (C=O) groups is 3. The Balaban J connectivity index is 1.67. The fraction of sp³-hybridized carbons (Fsp3) is 0.192. The molecule has 0 spiro atoms. The van der Waals surface area contributed by atoms with E-state index in [1.165, 1.54) is 12.0 Å². The van der Waals surface area contributed by atoms with Gasteiger partial charge in [-0.3, -0.25) is 19.3 Å². The van der Waals surface area contributed by atoms with E-state index in [0.29, 0.717) is 40.7 Å². The largest absolute Gasteiger partial charge is 0.496 e. The molecule has 3 aromatic carbocycles. The molecule has 0 saturated carbocycles. The van der Waals surface area contributed by atoms with Gasteiger partial charge in [-0.15, -0.1) is 0 Å². The van der Waals surface area contributed by atoms with E-state index in [0.717, 1.165) is 0 Å². The number of hydrogen-bond donors (Lipinski definition) is 2. The Morgan fingerprint density at radius 3 is 2.41 bits per heavy atom. The number of fused-ring (bicyclic) bond motifs is 1. The predicted octanol–water partition coefficient (Wildman–Crippen LogP) is 4.09. The highest BCUT2D eigenvalue weighted by Crippen LogP contribution is 2.35. The number of benzene rings is 3. The molecule has 1 heterocycles. The van der Waals surface area contributed by atoms with Gasteiger partial charge in [0, 0.05) is 0 Å². The van der Waals surface area contributed by atoms with Gasteiger partial charge in [0.25, 0.3) is 5.91 Å². The van der Waals surface area contributed by atoms with E-state index in [1.54, 1.807) is 72.8 Å². The molecule has 0 aliphatic carbocycles. The van der Waals surface area contributed by atoms with Crippen LogP contribution in [0.4, 0.5) is 17.1 Å². The number of carbonyl (C=O) groups excluding carboxylic acids is 3. The highest BCUT2D eigenvalue weighted by Gasteiger charge is 2.39. The van der Waals surface area contributed by atoms with Crippen LogP contribution in [0.5, 0.6) is 11.5 Å². The average molecular weight is 460 g/mol. The molecule has 3 amide bonds. The Kier molecular flexibility index (Phi) is 6.77. The number of nitrogens with zero attached hydrogens (tertiary/aromatic N) is 1. The fourth-order valence-electron chi connectivity index (χ4n) is 3.90. The van der Waals surface area contributed by atoms with Crippen molar-refractivity contribution in [3.05, 3.63) is 78.4 Å². The van der Waals surface area contributed by atoms with Crippen LogP contribution >= 0.6 is 0 Å². The third-order valence-electron chi connectivity index (χ3n) is 5.43. The van der Waals surface area contributed by atoms with Crippen LogP contribution in [0.2, 0.25) is 0 Å². The van der Waals surface area contributed by atoms with Crippen LogP contribution < -0.4 is 25.0 Å². The van der Waals surface area contributed by atoms with Crippen LogP contribution in [0, 0.1) is 0 Å². The van der Waals surface area contributed by atoms with Crippen molar-refractivity contribution in [1.29, 1.82) is 0 Å². The molecule has 1 aliphatic heterocycles. The van der Waals surface area contributed by atoms with Gasteiger partial charge < -0.3 is 20.1 Å². The molecule has 1 atom stereocenters. The second-order valence-electron chi connectivity index (χ2n) is 7.58. The first kappa shape index (κ1) is 22.8. The van der Waals surface area contributed by atoms with E-state index in [1.807, 2.05) is 6.92 Å². The Hall–Kier alpha value is -4.33. The topological polar surface area (TPSA) is 97.0 Å². The van der Waals surface area contributed by atoms with Gasteiger partial charge in [0.15, 0.2) is 0 Å². The maximum atomic E-state index is 13.7. The molecule has 0 bridgehead atoms. The van der Waals surface area contributed by atoms with Crippen LogP contribution in [0.25, 0.3) is 0 Å². The molecule has 8 nitrogen and oxygen atoms in total. The number of nitrogens with one attached hydrogen (secondary N) is 2. The lowest BCUT2D eigenvalue weighted by molar-refractivity contribution is -0.122. The molecule has 0 fully saturated rings. The molecule has 0 aromatic heterocycles. The summed E-state index contributed by atoms with van der Waals surface area (Å²) in [5, 5.41) is 5.61. The smallest absolute Gasteiger partial charge is 0.262 e. The number of para-hydroxylation sites is 5. The van der Waals surface area contributed by atoms with Crippen molar-refractivity contribution >= 4 is 34.8 Å². The lowest BCUT2D eigenvalue weighted by Crippen LogP contribution is -2.52. The monoisotopic (exact) mass is 459 g/mol. The summed E-state index contributed by atoms with van der Waals surface area (Å²) in [6.45, 7) is 2.29. The zero-order valence-corrected chi connectivity index (χ0v) is 18.9. The molecule has 0 radical (unpaired) electrons. The predicted molar refractivity (Wildman–Crippen MR) is 130 cm³/mol. The summed E-state index contributed by atoms with van der Waals surface area (Å²) in [6.07, 6.45) is -0.248. The molecule has 2 N–H and O–H groups in total. The minimum absolute atomic E-state index is 0.248. The van der Waals surface area contributed by atoms with Crippen molar-refractivity contribution < 1.29 is 23.9 Å². The molecule has 0 saturated heterocycles. The SMILES string of the molecule is CCOc1ccccc1NC(=O)C[C@@H]1C(=O)Nc2ccccc2N1C(=O)c1ccccc1OC. The van der Waals surface area contributed by atoms with E-state index < -0.39 is 23.8 Å². The van der Waals surface area contributed by atoms with Crippen molar-refractivity contribution in [3.63, 3.8) is 0 Å². The second-order valence-corrected chi connectivity index (χ2v) is 7.58. The van der Waals surface area contributed by atoms with Crippen LogP contribution in [0.1, 0.15) is 23.7 Å². The normalized spacial score (nSPS) is 14.6. The number of hydrogen-bond acceptors (Lipinski definition) is 5. The van der Waals surface area contributed by atoms with Gasteiger partial charge in [-0.1, -0.05) is 36.4 Å². The molecule has 8 heteroatoms. The van der Waals surface area contributed by atoms with Crippen LogP contribution in [-0.4, -0.2) is 37.5 Å². The molecule has 1 aliphatic rings. The molecule has 0 unspecified atom stereocenters. The number of anilines is 3. The van der Waals surface area contributed by atoms with Crippen molar-refractivity contribution in [3.8, 4) is 11.5 Å². The summed E-state index contributed by atoms with van der Waals surface area (Å²) >= 11 is 0. The second kappa shape index (κ2) is 10.1. The molecular weight excluding hydrogens is 434 g/mol. The fourth-order valence-corrected chi connectivity index (χ4v) is 3.90. The van der Waals surface area contributed by atoms with Gasteiger partial charge in [0.1, 0.15) is 17.5 Å². The minimum atomic E-state index is -1.06. The van der Waals surface area contributed by atoms with Gasteiger partial charge in [-0.05, 0) is 43.3 Å². The lowest BCUT2D eigenvalue weighted by atomic mass is 10.0. The Morgan fingerprint density at radius 2 is 1.65 bits per heavy atom. The number of rotatable bonds is 7. The number of methoxy groups -OCH3 is 1. The highest BCUT2D eigenvalue weighted by molar-refractivity contribution is 6.18. The quantitative estimate of drug-likeness (QED) is 0.555. The van der Waals surface area contributed by atoms with Gasteiger partial charge >= 0.3 is 0 Å². The summed E-state index contributed by atoms with van der Waals surface area (Å²) in [5.74, 6) is -0.407.